The van der Waals surface area contributed by atoms with E-state index in [9.17, 15) is 20.0 Å². The fourth-order valence-electron chi connectivity index (χ4n) is 4.03. The van der Waals surface area contributed by atoms with Crippen molar-refractivity contribution in [3.8, 4) is 0 Å². The Morgan fingerprint density at radius 3 is 2.44 bits per heavy atom. The predicted octanol–water partition coefficient (Wildman–Crippen LogP) is 3.93. The van der Waals surface area contributed by atoms with E-state index in [0.717, 1.165) is 25.9 Å². The fourth-order valence-corrected chi connectivity index (χ4v) is 4.03. The van der Waals surface area contributed by atoms with Crippen LogP contribution in [0.2, 0.25) is 0 Å². The number of carbonyl (C=O) groups is 1. The second-order valence-electron chi connectivity index (χ2n) is 7.76. The SMILES string of the molecule is CC1(C)CC(=O)C(C(c2ccccc2[N+](=O)[O-])N2CCCC2)=C(O)C1. The Morgan fingerprint density at radius 1 is 1.20 bits per heavy atom. The van der Waals surface area contributed by atoms with Crippen LogP contribution in [-0.2, 0) is 4.79 Å². The number of para-hydroxylation sites is 1. The normalized spacial score (nSPS) is 22.2. The molecule has 1 aromatic rings. The Bertz CT molecular complexity index is 733. The minimum absolute atomic E-state index is 0.00247. The highest BCUT2D eigenvalue weighted by Gasteiger charge is 2.41. The number of nitro benzene ring substituents is 1. The van der Waals surface area contributed by atoms with Crippen LogP contribution in [0.1, 0.15) is 51.1 Å². The molecule has 134 valence electrons. The van der Waals surface area contributed by atoms with Crippen molar-refractivity contribution in [3.63, 3.8) is 0 Å². The largest absolute Gasteiger partial charge is 0.512 e. The number of allylic oxidation sites excluding steroid dienone is 1. The Labute approximate surface area is 147 Å². The molecule has 1 saturated heterocycles. The van der Waals surface area contributed by atoms with Crippen molar-refractivity contribution in [1.29, 1.82) is 0 Å². The minimum atomic E-state index is -0.548. The topological polar surface area (TPSA) is 83.7 Å². The lowest BCUT2D eigenvalue weighted by Crippen LogP contribution is -2.35. The molecule has 1 atom stereocenters. The third-order valence-electron chi connectivity index (χ3n) is 5.10. The lowest BCUT2D eigenvalue weighted by atomic mass is 9.74. The minimum Gasteiger partial charge on any atom is -0.512 e. The summed E-state index contributed by atoms with van der Waals surface area (Å²) in [6.45, 7) is 5.44. The van der Waals surface area contributed by atoms with Gasteiger partial charge in [0, 0.05) is 18.9 Å². The van der Waals surface area contributed by atoms with Crippen molar-refractivity contribution in [3.05, 3.63) is 51.3 Å². The lowest BCUT2D eigenvalue weighted by Gasteiger charge is -2.36. The quantitative estimate of drug-likeness (QED) is 0.661. The van der Waals surface area contributed by atoms with Gasteiger partial charge in [-0.25, -0.2) is 0 Å². The van der Waals surface area contributed by atoms with Gasteiger partial charge in [0.1, 0.15) is 5.76 Å². The number of nitro groups is 1. The number of aliphatic hydroxyl groups excluding tert-OH is 1. The summed E-state index contributed by atoms with van der Waals surface area (Å²) in [6.07, 6.45) is 2.74. The summed E-state index contributed by atoms with van der Waals surface area (Å²) in [7, 11) is 0. The molecule has 1 aliphatic carbocycles. The van der Waals surface area contributed by atoms with Gasteiger partial charge in [-0.3, -0.25) is 19.8 Å². The van der Waals surface area contributed by atoms with Crippen LogP contribution in [0.4, 0.5) is 5.69 Å². The lowest BCUT2D eigenvalue weighted by molar-refractivity contribution is -0.385. The van der Waals surface area contributed by atoms with Crippen LogP contribution in [0, 0.1) is 15.5 Å². The number of ketones is 1. The molecule has 1 aliphatic heterocycles. The van der Waals surface area contributed by atoms with Gasteiger partial charge in [0.15, 0.2) is 5.78 Å². The number of likely N-dealkylation sites (tertiary alicyclic amines) is 1. The summed E-state index contributed by atoms with van der Waals surface area (Å²) >= 11 is 0. The summed E-state index contributed by atoms with van der Waals surface area (Å²) in [5, 5.41) is 22.2. The van der Waals surface area contributed by atoms with Crippen LogP contribution >= 0.6 is 0 Å². The molecule has 0 amide bonds. The number of carbonyl (C=O) groups excluding carboxylic acids is 1. The molecule has 1 N–H and O–H groups in total. The third kappa shape index (κ3) is 3.44. The van der Waals surface area contributed by atoms with Crippen molar-refractivity contribution >= 4 is 11.5 Å². The van der Waals surface area contributed by atoms with Crippen LogP contribution in [0.25, 0.3) is 0 Å². The van der Waals surface area contributed by atoms with E-state index >= 15 is 0 Å². The molecule has 3 rings (SSSR count). The summed E-state index contributed by atoms with van der Waals surface area (Å²) in [5.41, 5.74) is 0.542. The third-order valence-corrected chi connectivity index (χ3v) is 5.10. The van der Waals surface area contributed by atoms with Crippen molar-refractivity contribution in [2.45, 2.75) is 45.6 Å². The number of rotatable bonds is 4. The average molecular weight is 344 g/mol. The molecule has 1 unspecified atom stereocenters. The van der Waals surface area contributed by atoms with E-state index in [0.29, 0.717) is 24.0 Å². The molecule has 1 fully saturated rings. The molecule has 1 aromatic carbocycles. The predicted molar refractivity (Wildman–Crippen MR) is 94.3 cm³/mol. The van der Waals surface area contributed by atoms with E-state index in [2.05, 4.69) is 4.90 Å². The fraction of sp³-hybridized carbons (Fsp3) is 0.526. The van der Waals surface area contributed by atoms with Gasteiger partial charge in [-0.1, -0.05) is 32.0 Å². The van der Waals surface area contributed by atoms with E-state index < -0.39 is 11.0 Å². The van der Waals surface area contributed by atoms with Gasteiger partial charge >= 0.3 is 0 Å². The zero-order valence-corrected chi connectivity index (χ0v) is 14.7. The van der Waals surface area contributed by atoms with Gasteiger partial charge in [0.2, 0.25) is 0 Å². The van der Waals surface area contributed by atoms with Gasteiger partial charge in [0.05, 0.1) is 22.1 Å². The highest BCUT2D eigenvalue weighted by Crippen LogP contribution is 2.44. The Morgan fingerprint density at radius 2 is 1.84 bits per heavy atom. The van der Waals surface area contributed by atoms with E-state index in [1.165, 1.54) is 6.07 Å². The number of hydrogen-bond acceptors (Lipinski definition) is 5. The van der Waals surface area contributed by atoms with Crippen LogP contribution in [-0.4, -0.2) is 33.8 Å². The van der Waals surface area contributed by atoms with Crippen LogP contribution in [0.15, 0.2) is 35.6 Å². The second-order valence-corrected chi connectivity index (χ2v) is 7.76. The summed E-state index contributed by atoms with van der Waals surface area (Å²) in [4.78, 5) is 26.1. The van der Waals surface area contributed by atoms with Crippen LogP contribution < -0.4 is 0 Å². The maximum atomic E-state index is 12.9. The second kappa shape index (κ2) is 6.59. The molecule has 0 saturated carbocycles. The molecule has 25 heavy (non-hydrogen) atoms. The maximum Gasteiger partial charge on any atom is 0.274 e. The number of benzene rings is 1. The van der Waals surface area contributed by atoms with Gasteiger partial charge in [-0.05, 0) is 31.3 Å². The van der Waals surface area contributed by atoms with E-state index in [4.69, 9.17) is 0 Å². The van der Waals surface area contributed by atoms with Crippen LogP contribution in [0.5, 0.6) is 0 Å². The first-order chi connectivity index (χ1) is 11.8. The summed E-state index contributed by atoms with van der Waals surface area (Å²) < 4.78 is 0. The van der Waals surface area contributed by atoms with E-state index in [1.54, 1.807) is 18.2 Å². The standard InChI is InChI=1S/C19H24N2O4/c1-19(2)11-15(22)17(16(23)12-19)18(20-9-5-6-10-20)13-7-3-4-8-14(13)21(24)25/h3-4,7-8,18,22H,5-6,9-12H2,1-2H3. The number of Topliss-reactive ketones (excluding diaryl/α,β-unsaturated/α-hetero) is 1. The van der Waals surface area contributed by atoms with Crippen LogP contribution in [0.3, 0.4) is 0 Å². The zero-order chi connectivity index (χ0) is 18.2. The molecule has 1 heterocycles. The Balaban J connectivity index is 2.14. The molecule has 6 nitrogen and oxygen atoms in total. The Hall–Kier alpha value is -2.21. The molecule has 0 aromatic heterocycles. The van der Waals surface area contributed by atoms with Gasteiger partial charge in [-0.2, -0.15) is 0 Å². The molecular formula is C19H24N2O4. The van der Waals surface area contributed by atoms with E-state index in [1.807, 2.05) is 13.8 Å². The first-order valence-electron chi connectivity index (χ1n) is 8.73. The Kier molecular flexibility index (Phi) is 4.64. The van der Waals surface area contributed by atoms with Crippen molar-refractivity contribution in [1.82, 2.24) is 4.90 Å². The van der Waals surface area contributed by atoms with E-state index in [-0.39, 0.29) is 22.6 Å². The summed E-state index contributed by atoms with van der Waals surface area (Å²) in [5.74, 6) is -0.0277. The first kappa shape index (κ1) is 17.6. The van der Waals surface area contributed by atoms with Gasteiger partial charge in [-0.15, -0.1) is 0 Å². The number of aliphatic hydroxyl groups is 1. The highest BCUT2D eigenvalue weighted by atomic mass is 16.6. The molecule has 0 spiro atoms. The van der Waals surface area contributed by atoms with Crippen molar-refractivity contribution < 1.29 is 14.8 Å². The first-order valence-corrected chi connectivity index (χ1v) is 8.73. The number of hydrogen-bond donors (Lipinski definition) is 1. The molecule has 6 heteroatoms. The summed E-state index contributed by atoms with van der Waals surface area (Å²) in [6, 6.07) is 6.00. The van der Waals surface area contributed by atoms with Gasteiger partial charge in [0.25, 0.3) is 5.69 Å². The molecule has 2 aliphatic rings. The molecular weight excluding hydrogens is 320 g/mol. The monoisotopic (exact) mass is 344 g/mol. The van der Waals surface area contributed by atoms with Crippen molar-refractivity contribution in [2.24, 2.45) is 5.41 Å². The highest BCUT2D eigenvalue weighted by molar-refractivity contribution is 5.98. The average Bonchev–Trinajstić information content (AvgIpc) is 3.03. The van der Waals surface area contributed by atoms with Gasteiger partial charge < -0.3 is 5.11 Å². The maximum absolute atomic E-state index is 12.9. The van der Waals surface area contributed by atoms with Crippen molar-refractivity contribution in [2.75, 3.05) is 13.1 Å². The number of nitrogens with zero attached hydrogens (tertiary/aromatic N) is 2. The molecule has 0 bridgehead atoms. The smallest absolute Gasteiger partial charge is 0.274 e. The zero-order valence-electron chi connectivity index (χ0n) is 14.7. The molecule has 0 radical (unpaired) electrons.